The van der Waals surface area contributed by atoms with Gasteiger partial charge in [0.25, 0.3) is 0 Å². The molecule has 0 aromatic carbocycles. The molecule has 6 nitrogen and oxygen atoms in total. The number of nitrogens with zero attached hydrogens (tertiary/aromatic N) is 1. The van der Waals surface area contributed by atoms with Gasteiger partial charge in [-0.05, 0) is 38.0 Å². The van der Waals surface area contributed by atoms with E-state index in [0.29, 0.717) is 19.1 Å². The fraction of sp³-hybridized carbons (Fsp3) is 0.867. The number of alkyl carbamates (subject to hydrolysis) is 1. The van der Waals surface area contributed by atoms with Crippen molar-refractivity contribution in [1.82, 2.24) is 16.0 Å². The van der Waals surface area contributed by atoms with Crippen molar-refractivity contribution in [3.8, 4) is 0 Å². The summed E-state index contributed by atoms with van der Waals surface area (Å²) in [5.74, 6) is 2.09. The number of rotatable bonds is 8. The summed E-state index contributed by atoms with van der Waals surface area (Å²) in [5.41, 5.74) is 0. The van der Waals surface area contributed by atoms with Gasteiger partial charge in [0.1, 0.15) is 0 Å². The van der Waals surface area contributed by atoms with Gasteiger partial charge in [0.05, 0.1) is 6.61 Å². The summed E-state index contributed by atoms with van der Waals surface area (Å²) < 4.78 is 4.95. The van der Waals surface area contributed by atoms with Crippen LogP contribution in [0.5, 0.6) is 0 Å². The second-order valence-electron chi connectivity index (χ2n) is 5.97. The van der Waals surface area contributed by atoms with Gasteiger partial charge in [-0.15, -0.1) is 24.0 Å². The van der Waals surface area contributed by atoms with E-state index in [2.05, 4.69) is 34.8 Å². The van der Waals surface area contributed by atoms with Crippen LogP contribution in [0, 0.1) is 11.8 Å². The highest BCUT2D eigenvalue weighted by Gasteiger charge is 2.21. The van der Waals surface area contributed by atoms with E-state index in [-0.39, 0.29) is 36.1 Å². The van der Waals surface area contributed by atoms with Crippen LogP contribution in [0.15, 0.2) is 4.99 Å². The van der Waals surface area contributed by atoms with Gasteiger partial charge in [-0.1, -0.05) is 13.8 Å². The molecular formula is C15H31IN4O2. The predicted molar refractivity (Wildman–Crippen MR) is 101 cm³/mol. The molecule has 1 aliphatic rings. The Kier molecular flexibility index (Phi) is 11.4. The van der Waals surface area contributed by atoms with Crippen LogP contribution in [0.4, 0.5) is 4.79 Å². The Morgan fingerprint density at radius 2 is 2.00 bits per heavy atom. The number of aliphatic imine (C=N–C) groups is 1. The number of carbonyl (C=O) groups excluding carboxylic acids is 1. The fourth-order valence-corrected chi connectivity index (χ4v) is 2.11. The number of amides is 1. The van der Waals surface area contributed by atoms with Crippen LogP contribution < -0.4 is 16.0 Å². The molecule has 1 atom stereocenters. The Hall–Kier alpha value is -0.730. The van der Waals surface area contributed by atoms with E-state index in [9.17, 15) is 4.79 Å². The lowest BCUT2D eigenvalue weighted by molar-refractivity contribution is 0.146. The molecule has 0 aromatic rings. The summed E-state index contributed by atoms with van der Waals surface area (Å²) in [6.45, 7) is 8.08. The zero-order valence-corrected chi connectivity index (χ0v) is 16.5. The standard InChI is InChI=1S/C15H30N4O2.HI/c1-5-21-15(20)19-13(8-11(2)3)10-18-14(16-4)17-9-12-6-7-12;/h11-13H,5-10H2,1-4H3,(H,19,20)(H2,16,17,18);1H. The van der Waals surface area contributed by atoms with Crippen LogP contribution in [0.2, 0.25) is 0 Å². The summed E-state index contributed by atoms with van der Waals surface area (Å²) in [6, 6.07) is 0.0310. The van der Waals surface area contributed by atoms with Gasteiger partial charge in [-0.3, -0.25) is 4.99 Å². The van der Waals surface area contributed by atoms with Crippen molar-refractivity contribution >= 4 is 36.0 Å². The third kappa shape index (κ3) is 10.1. The molecule has 1 aliphatic carbocycles. The zero-order valence-electron chi connectivity index (χ0n) is 14.1. The first-order valence-corrected chi connectivity index (χ1v) is 7.92. The Morgan fingerprint density at radius 1 is 1.32 bits per heavy atom. The number of hydrogen-bond donors (Lipinski definition) is 3. The van der Waals surface area contributed by atoms with E-state index >= 15 is 0 Å². The van der Waals surface area contributed by atoms with Crippen molar-refractivity contribution in [2.75, 3.05) is 26.7 Å². The normalized spacial score (nSPS) is 15.8. The van der Waals surface area contributed by atoms with Crippen LogP contribution in [0.3, 0.4) is 0 Å². The maximum absolute atomic E-state index is 11.6. The van der Waals surface area contributed by atoms with Crippen molar-refractivity contribution in [3.63, 3.8) is 0 Å². The van der Waals surface area contributed by atoms with E-state index in [1.54, 1.807) is 14.0 Å². The van der Waals surface area contributed by atoms with Crippen molar-refractivity contribution in [2.45, 2.75) is 46.1 Å². The first-order valence-electron chi connectivity index (χ1n) is 7.92. The summed E-state index contributed by atoms with van der Waals surface area (Å²) in [6.07, 6.45) is 3.16. The average Bonchev–Trinajstić information content (AvgIpc) is 3.22. The summed E-state index contributed by atoms with van der Waals surface area (Å²) in [4.78, 5) is 15.8. The largest absolute Gasteiger partial charge is 0.450 e. The maximum Gasteiger partial charge on any atom is 0.407 e. The van der Waals surface area contributed by atoms with E-state index in [0.717, 1.165) is 24.8 Å². The highest BCUT2D eigenvalue weighted by atomic mass is 127. The van der Waals surface area contributed by atoms with Gasteiger partial charge in [0, 0.05) is 26.2 Å². The molecule has 0 heterocycles. The third-order valence-electron chi connectivity index (χ3n) is 3.35. The minimum absolute atomic E-state index is 0. The molecule has 22 heavy (non-hydrogen) atoms. The molecule has 1 saturated carbocycles. The van der Waals surface area contributed by atoms with Gasteiger partial charge >= 0.3 is 6.09 Å². The molecule has 130 valence electrons. The fourth-order valence-electron chi connectivity index (χ4n) is 2.11. The average molecular weight is 426 g/mol. The second-order valence-corrected chi connectivity index (χ2v) is 5.97. The van der Waals surface area contributed by atoms with Crippen molar-refractivity contribution in [1.29, 1.82) is 0 Å². The molecule has 0 aromatic heterocycles. The maximum atomic E-state index is 11.6. The first-order chi connectivity index (χ1) is 10.0. The third-order valence-corrected chi connectivity index (χ3v) is 3.35. The molecule has 3 N–H and O–H groups in total. The SMILES string of the molecule is CCOC(=O)NC(CNC(=NC)NCC1CC1)CC(C)C.I. The lowest BCUT2D eigenvalue weighted by atomic mass is 10.0. The Morgan fingerprint density at radius 3 is 2.50 bits per heavy atom. The van der Waals surface area contributed by atoms with Gasteiger partial charge in [-0.2, -0.15) is 0 Å². The van der Waals surface area contributed by atoms with Gasteiger partial charge in [0.15, 0.2) is 5.96 Å². The summed E-state index contributed by atoms with van der Waals surface area (Å²) in [7, 11) is 1.76. The number of guanidine groups is 1. The molecular weight excluding hydrogens is 395 g/mol. The molecule has 1 rings (SSSR count). The monoisotopic (exact) mass is 426 g/mol. The molecule has 0 aliphatic heterocycles. The first kappa shape index (κ1) is 21.3. The lowest BCUT2D eigenvalue weighted by Crippen LogP contribution is -2.48. The van der Waals surface area contributed by atoms with E-state index in [1.807, 2.05) is 0 Å². The lowest BCUT2D eigenvalue weighted by Gasteiger charge is -2.22. The van der Waals surface area contributed by atoms with Crippen molar-refractivity contribution in [2.24, 2.45) is 16.8 Å². The van der Waals surface area contributed by atoms with Crippen LogP contribution in [-0.2, 0) is 4.74 Å². The Bertz CT molecular complexity index is 346. The molecule has 0 saturated heterocycles. The minimum Gasteiger partial charge on any atom is -0.450 e. The van der Waals surface area contributed by atoms with Crippen LogP contribution in [-0.4, -0.2) is 44.8 Å². The number of carbonyl (C=O) groups is 1. The highest BCUT2D eigenvalue weighted by Crippen LogP contribution is 2.27. The van der Waals surface area contributed by atoms with Crippen LogP contribution in [0.1, 0.15) is 40.0 Å². The quantitative estimate of drug-likeness (QED) is 0.317. The van der Waals surface area contributed by atoms with Crippen LogP contribution in [0.25, 0.3) is 0 Å². The van der Waals surface area contributed by atoms with Crippen molar-refractivity contribution < 1.29 is 9.53 Å². The van der Waals surface area contributed by atoms with Gasteiger partial charge in [-0.25, -0.2) is 4.79 Å². The van der Waals surface area contributed by atoms with Crippen molar-refractivity contribution in [3.05, 3.63) is 0 Å². The van der Waals surface area contributed by atoms with Gasteiger partial charge < -0.3 is 20.7 Å². The highest BCUT2D eigenvalue weighted by molar-refractivity contribution is 14.0. The number of halogens is 1. The van der Waals surface area contributed by atoms with E-state index in [1.165, 1.54) is 12.8 Å². The molecule has 1 amide bonds. The van der Waals surface area contributed by atoms with Gasteiger partial charge in [0.2, 0.25) is 0 Å². The second kappa shape index (κ2) is 11.8. The number of hydrogen-bond acceptors (Lipinski definition) is 3. The van der Waals surface area contributed by atoms with Crippen LogP contribution >= 0.6 is 24.0 Å². The minimum atomic E-state index is -0.356. The number of nitrogens with one attached hydrogen (secondary N) is 3. The Labute approximate surface area is 151 Å². The Balaban J connectivity index is 0.00000441. The van der Waals surface area contributed by atoms with E-state index in [4.69, 9.17) is 4.74 Å². The molecule has 0 radical (unpaired) electrons. The smallest absolute Gasteiger partial charge is 0.407 e. The van der Waals surface area contributed by atoms with E-state index < -0.39 is 0 Å². The molecule has 7 heteroatoms. The molecule has 0 bridgehead atoms. The molecule has 1 unspecified atom stereocenters. The molecule has 1 fully saturated rings. The number of ether oxygens (including phenoxy) is 1. The predicted octanol–water partition coefficient (Wildman–Crippen LogP) is 2.34. The summed E-state index contributed by atoms with van der Waals surface area (Å²) in [5, 5.41) is 9.49. The topological polar surface area (TPSA) is 74.8 Å². The summed E-state index contributed by atoms with van der Waals surface area (Å²) >= 11 is 0. The zero-order chi connectivity index (χ0) is 15.7. The molecule has 0 spiro atoms.